The standard InChI is InChI=1S/C17H14N2O4/c20-15-14(18-17(23)19-15)13-7-6-11(16(21)22)9-12(13)8-10-4-2-1-3-5-10/h1-7,9,14H,8H2,(H,21,22)(H2,18,19,20,23). The van der Waals surface area contributed by atoms with Gasteiger partial charge in [-0.25, -0.2) is 9.59 Å². The van der Waals surface area contributed by atoms with Crippen LogP contribution in [0.1, 0.15) is 33.1 Å². The van der Waals surface area contributed by atoms with Gasteiger partial charge in [0.1, 0.15) is 6.04 Å². The van der Waals surface area contributed by atoms with Gasteiger partial charge in [-0.05, 0) is 35.2 Å². The van der Waals surface area contributed by atoms with Gasteiger partial charge in [0, 0.05) is 0 Å². The first kappa shape index (κ1) is 14.8. The van der Waals surface area contributed by atoms with Gasteiger partial charge in [-0.2, -0.15) is 0 Å². The van der Waals surface area contributed by atoms with E-state index in [0.29, 0.717) is 17.5 Å². The van der Waals surface area contributed by atoms with Crippen LogP contribution in [-0.4, -0.2) is 23.0 Å². The zero-order valence-corrected chi connectivity index (χ0v) is 12.1. The van der Waals surface area contributed by atoms with E-state index in [4.69, 9.17) is 0 Å². The van der Waals surface area contributed by atoms with Crippen molar-refractivity contribution in [2.24, 2.45) is 0 Å². The summed E-state index contributed by atoms with van der Waals surface area (Å²) >= 11 is 0. The number of hydrogen-bond donors (Lipinski definition) is 3. The van der Waals surface area contributed by atoms with E-state index < -0.39 is 23.9 Å². The molecular formula is C17H14N2O4. The number of amides is 3. The molecule has 2 aromatic rings. The smallest absolute Gasteiger partial charge is 0.335 e. The lowest BCUT2D eigenvalue weighted by Crippen LogP contribution is -2.22. The van der Waals surface area contributed by atoms with Gasteiger partial charge in [-0.15, -0.1) is 0 Å². The highest BCUT2D eigenvalue weighted by atomic mass is 16.4. The van der Waals surface area contributed by atoms with E-state index in [1.165, 1.54) is 6.07 Å². The number of nitrogens with one attached hydrogen (secondary N) is 2. The lowest BCUT2D eigenvalue weighted by atomic mass is 9.93. The topological polar surface area (TPSA) is 95.5 Å². The first-order valence-electron chi connectivity index (χ1n) is 7.06. The molecule has 1 saturated heterocycles. The fourth-order valence-electron chi connectivity index (χ4n) is 2.63. The molecule has 23 heavy (non-hydrogen) atoms. The number of aromatic carboxylic acids is 1. The monoisotopic (exact) mass is 310 g/mol. The molecule has 0 bridgehead atoms. The van der Waals surface area contributed by atoms with Crippen LogP contribution in [0.3, 0.4) is 0 Å². The van der Waals surface area contributed by atoms with Crippen molar-refractivity contribution >= 4 is 17.9 Å². The number of hydrogen-bond acceptors (Lipinski definition) is 3. The molecule has 1 atom stereocenters. The van der Waals surface area contributed by atoms with E-state index in [9.17, 15) is 19.5 Å². The Balaban J connectivity index is 2.02. The summed E-state index contributed by atoms with van der Waals surface area (Å²) in [6.07, 6.45) is 0.469. The third-order valence-electron chi connectivity index (χ3n) is 3.71. The fraction of sp³-hybridized carbons (Fsp3) is 0.118. The summed E-state index contributed by atoms with van der Waals surface area (Å²) in [4.78, 5) is 34.4. The molecule has 0 aromatic heterocycles. The SMILES string of the molecule is O=C1NC(=O)C(c2ccc(C(=O)O)cc2Cc2ccccc2)N1. The van der Waals surface area contributed by atoms with Crippen molar-refractivity contribution in [3.63, 3.8) is 0 Å². The highest BCUT2D eigenvalue weighted by molar-refractivity contribution is 6.04. The van der Waals surface area contributed by atoms with Gasteiger partial charge >= 0.3 is 12.0 Å². The Morgan fingerprint density at radius 1 is 1.09 bits per heavy atom. The lowest BCUT2D eigenvalue weighted by Gasteiger charge is -2.15. The maximum Gasteiger partial charge on any atom is 0.335 e. The molecule has 0 aliphatic carbocycles. The molecule has 3 amide bonds. The van der Waals surface area contributed by atoms with Crippen LogP contribution in [0.25, 0.3) is 0 Å². The van der Waals surface area contributed by atoms with Crippen molar-refractivity contribution in [1.82, 2.24) is 10.6 Å². The summed E-state index contributed by atoms with van der Waals surface area (Å²) in [6.45, 7) is 0. The largest absolute Gasteiger partial charge is 0.478 e. The molecule has 1 unspecified atom stereocenters. The van der Waals surface area contributed by atoms with Crippen LogP contribution in [0, 0.1) is 0 Å². The highest BCUT2D eigenvalue weighted by Gasteiger charge is 2.32. The molecule has 1 fully saturated rings. The van der Waals surface area contributed by atoms with Gasteiger partial charge in [-0.3, -0.25) is 10.1 Å². The quantitative estimate of drug-likeness (QED) is 0.751. The third-order valence-corrected chi connectivity index (χ3v) is 3.71. The van der Waals surface area contributed by atoms with Crippen molar-refractivity contribution in [2.75, 3.05) is 0 Å². The Morgan fingerprint density at radius 2 is 1.83 bits per heavy atom. The maximum absolute atomic E-state index is 11.9. The zero-order valence-electron chi connectivity index (χ0n) is 12.1. The highest BCUT2D eigenvalue weighted by Crippen LogP contribution is 2.25. The Bertz CT molecular complexity index is 786. The van der Waals surface area contributed by atoms with Gasteiger partial charge in [0.05, 0.1) is 5.56 Å². The Morgan fingerprint density at radius 3 is 2.43 bits per heavy atom. The Kier molecular flexibility index (Phi) is 3.80. The van der Waals surface area contributed by atoms with Gasteiger partial charge in [-0.1, -0.05) is 36.4 Å². The molecule has 6 heteroatoms. The van der Waals surface area contributed by atoms with Crippen LogP contribution < -0.4 is 10.6 Å². The minimum Gasteiger partial charge on any atom is -0.478 e. The van der Waals surface area contributed by atoms with E-state index in [1.807, 2.05) is 30.3 Å². The molecule has 3 rings (SSSR count). The molecule has 2 aromatic carbocycles. The molecule has 1 heterocycles. The summed E-state index contributed by atoms with van der Waals surface area (Å²) in [6, 6.07) is 12.7. The molecule has 6 nitrogen and oxygen atoms in total. The van der Waals surface area contributed by atoms with Crippen molar-refractivity contribution in [2.45, 2.75) is 12.5 Å². The summed E-state index contributed by atoms with van der Waals surface area (Å²) in [5.74, 6) is -1.47. The normalized spacial score (nSPS) is 16.8. The summed E-state index contributed by atoms with van der Waals surface area (Å²) in [5, 5.41) is 13.9. The average molecular weight is 310 g/mol. The number of carboxylic acid groups (broad SMARTS) is 1. The predicted octanol–water partition coefficient (Wildman–Crippen LogP) is 1.86. The number of carbonyl (C=O) groups is 3. The van der Waals surface area contributed by atoms with Gasteiger partial charge in [0.2, 0.25) is 0 Å². The van der Waals surface area contributed by atoms with Crippen LogP contribution >= 0.6 is 0 Å². The number of urea groups is 1. The summed E-state index contributed by atoms with van der Waals surface area (Å²) in [5.41, 5.74) is 2.42. The van der Waals surface area contributed by atoms with E-state index >= 15 is 0 Å². The second-order valence-electron chi connectivity index (χ2n) is 5.28. The number of carboxylic acids is 1. The average Bonchev–Trinajstić information content (AvgIpc) is 2.86. The number of rotatable bonds is 4. The van der Waals surface area contributed by atoms with Gasteiger partial charge in [0.25, 0.3) is 5.91 Å². The van der Waals surface area contributed by atoms with Crippen LogP contribution in [0.2, 0.25) is 0 Å². The summed E-state index contributed by atoms with van der Waals surface area (Å²) in [7, 11) is 0. The van der Waals surface area contributed by atoms with E-state index in [2.05, 4.69) is 10.6 Å². The first-order valence-corrected chi connectivity index (χ1v) is 7.06. The molecule has 0 saturated carbocycles. The van der Waals surface area contributed by atoms with Gasteiger partial charge < -0.3 is 10.4 Å². The Labute approximate surface area is 132 Å². The van der Waals surface area contributed by atoms with Crippen molar-refractivity contribution in [3.05, 3.63) is 70.8 Å². The molecule has 116 valence electrons. The lowest BCUT2D eigenvalue weighted by molar-refractivity contribution is -0.120. The number of imide groups is 1. The molecule has 3 N–H and O–H groups in total. The molecule has 0 spiro atoms. The predicted molar refractivity (Wildman–Crippen MR) is 82.1 cm³/mol. The van der Waals surface area contributed by atoms with E-state index in [-0.39, 0.29) is 5.56 Å². The minimum absolute atomic E-state index is 0.143. The van der Waals surface area contributed by atoms with Crippen molar-refractivity contribution < 1.29 is 19.5 Å². The molecule has 1 aliphatic heterocycles. The van der Waals surface area contributed by atoms with E-state index in [0.717, 1.165) is 5.56 Å². The van der Waals surface area contributed by atoms with Gasteiger partial charge in [0.15, 0.2) is 0 Å². The Hall–Kier alpha value is -3.15. The molecular weight excluding hydrogens is 296 g/mol. The fourth-order valence-corrected chi connectivity index (χ4v) is 2.63. The maximum atomic E-state index is 11.9. The van der Waals surface area contributed by atoms with Crippen LogP contribution in [0.4, 0.5) is 4.79 Å². The molecule has 1 aliphatic rings. The third kappa shape index (κ3) is 3.06. The second-order valence-corrected chi connectivity index (χ2v) is 5.28. The zero-order chi connectivity index (χ0) is 16.4. The molecule has 0 radical (unpaired) electrons. The number of benzene rings is 2. The first-order chi connectivity index (χ1) is 11.0. The number of carbonyl (C=O) groups excluding carboxylic acids is 2. The minimum atomic E-state index is -1.04. The summed E-state index contributed by atoms with van der Waals surface area (Å²) < 4.78 is 0. The van der Waals surface area contributed by atoms with Crippen LogP contribution in [0.15, 0.2) is 48.5 Å². The van der Waals surface area contributed by atoms with Crippen LogP contribution in [-0.2, 0) is 11.2 Å². The van der Waals surface area contributed by atoms with Crippen molar-refractivity contribution in [1.29, 1.82) is 0 Å². The second kappa shape index (κ2) is 5.92. The van der Waals surface area contributed by atoms with Crippen molar-refractivity contribution in [3.8, 4) is 0 Å². The van der Waals surface area contributed by atoms with E-state index in [1.54, 1.807) is 12.1 Å². The van der Waals surface area contributed by atoms with Crippen LogP contribution in [0.5, 0.6) is 0 Å².